The number of H-pyrrole nitrogens is 1. The summed E-state index contributed by atoms with van der Waals surface area (Å²) in [6, 6.07) is 15.8. The Labute approximate surface area is 157 Å². The predicted octanol–water partition coefficient (Wildman–Crippen LogP) is 3.81. The van der Waals surface area contributed by atoms with Crippen LogP contribution in [0.3, 0.4) is 0 Å². The number of hydrogen-bond acceptors (Lipinski definition) is 4. The van der Waals surface area contributed by atoms with E-state index in [-0.39, 0.29) is 18.1 Å². The lowest BCUT2D eigenvalue weighted by molar-refractivity contribution is 0.0667. The van der Waals surface area contributed by atoms with Gasteiger partial charge in [-0.1, -0.05) is 12.1 Å². The molecule has 1 aliphatic carbocycles. The number of aromatic amines is 1. The third kappa shape index (κ3) is 2.65. The van der Waals surface area contributed by atoms with E-state index >= 15 is 0 Å². The van der Waals surface area contributed by atoms with Gasteiger partial charge in [-0.05, 0) is 49.2 Å². The first-order chi connectivity index (χ1) is 13.3. The van der Waals surface area contributed by atoms with E-state index in [4.69, 9.17) is 4.74 Å². The van der Waals surface area contributed by atoms with Gasteiger partial charge in [-0.25, -0.2) is 0 Å². The SMILES string of the molecule is COc1ccc(-c2[nH]ncc2C2Nc3ccccc3C(=O)N2C2CC2)cc1. The van der Waals surface area contributed by atoms with Gasteiger partial charge >= 0.3 is 0 Å². The van der Waals surface area contributed by atoms with Crippen molar-refractivity contribution in [2.24, 2.45) is 0 Å². The maximum absolute atomic E-state index is 13.2. The summed E-state index contributed by atoms with van der Waals surface area (Å²) in [6.45, 7) is 0. The van der Waals surface area contributed by atoms with Crippen LogP contribution >= 0.6 is 0 Å². The second kappa shape index (κ2) is 6.16. The van der Waals surface area contributed by atoms with Crippen molar-refractivity contribution in [2.75, 3.05) is 12.4 Å². The maximum Gasteiger partial charge on any atom is 0.258 e. The van der Waals surface area contributed by atoms with E-state index in [9.17, 15) is 4.79 Å². The molecule has 1 atom stereocenters. The number of hydrogen-bond donors (Lipinski definition) is 2. The van der Waals surface area contributed by atoms with Crippen LogP contribution in [0.25, 0.3) is 11.3 Å². The van der Waals surface area contributed by atoms with Crippen LogP contribution in [-0.4, -0.2) is 34.2 Å². The molecule has 2 aromatic carbocycles. The Bertz CT molecular complexity index is 991. The molecule has 3 aromatic rings. The Kier molecular flexibility index (Phi) is 3.63. The summed E-state index contributed by atoms with van der Waals surface area (Å²) in [5.41, 5.74) is 4.48. The number of fused-ring (bicyclic) bond motifs is 1. The summed E-state index contributed by atoms with van der Waals surface area (Å²) in [6.07, 6.45) is 3.66. The predicted molar refractivity (Wildman–Crippen MR) is 103 cm³/mol. The summed E-state index contributed by atoms with van der Waals surface area (Å²) in [4.78, 5) is 15.1. The molecule has 6 heteroatoms. The highest BCUT2D eigenvalue weighted by Gasteiger charge is 2.43. The van der Waals surface area contributed by atoms with Gasteiger partial charge in [0.25, 0.3) is 5.91 Å². The molecule has 1 saturated carbocycles. The number of ether oxygens (including phenoxy) is 1. The number of carbonyl (C=O) groups excluding carboxylic acids is 1. The van der Waals surface area contributed by atoms with Crippen molar-refractivity contribution < 1.29 is 9.53 Å². The van der Waals surface area contributed by atoms with E-state index in [2.05, 4.69) is 15.5 Å². The van der Waals surface area contributed by atoms with Gasteiger partial charge in [0.05, 0.1) is 24.6 Å². The van der Waals surface area contributed by atoms with Gasteiger partial charge in [0.1, 0.15) is 11.9 Å². The summed E-state index contributed by atoms with van der Waals surface area (Å²) >= 11 is 0. The molecule has 1 unspecified atom stereocenters. The smallest absolute Gasteiger partial charge is 0.258 e. The van der Waals surface area contributed by atoms with Crippen LogP contribution in [0.4, 0.5) is 5.69 Å². The molecule has 0 spiro atoms. The van der Waals surface area contributed by atoms with Crippen molar-refractivity contribution in [3.05, 3.63) is 65.9 Å². The Morgan fingerprint density at radius 1 is 1.11 bits per heavy atom. The fourth-order valence-electron chi connectivity index (χ4n) is 3.72. The summed E-state index contributed by atoms with van der Waals surface area (Å²) in [5, 5.41) is 10.9. The van der Waals surface area contributed by atoms with E-state index in [0.717, 1.165) is 46.7 Å². The lowest BCUT2D eigenvalue weighted by Gasteiger charge is -2.38. The van der Waals surface area contributed by atoms with E-state index in [0.29, 0.717) is 0 Å². The molecular weight excluding hydrogens is 340 g/mol. The molecule has 5 rings (SSSR count). The molecule has 1 fully saturated rings. The largest absolute Gasteiger partial charge is 0.497 e. The highest BCUT2D eigenvalue weighted by molar-refractivity contribution is 6.02. The number of carbonyl (C=O) groups is 1. The van der Waals surface area contributed by atoms with Gasteiger partial charge < -0.3 is 15.0 Å². The quantitative estimate of drug-likeness (QED) is 0.742. The van der Waals surface area contributed by atoms with E-state index in [1.54, 1.807) is 7.11 Å². The normalized spacial score (nSPS) is 18.8. The highest BCUT2D eigenvalue weighted by atomic mass is 16.5. The number of nitrogens with one attached hydrogen (secondary N) is 2. The topological polar surface area (TPSA) is 70.2 Å². The number of benzene rings is 2. The molecule has 27 heavy (non-hydrogen) atoms. The van der Waals surface area contributed by atoms with Gasteiger partial charge in [0.2, 0.25) is 0 Å². The highest BCUT2D eigenvalue weighted by Crippen LogP contribution is 2.42. The number of nitrogens with zero attached hydrogens (tertiary/aromatic N) is 2. The molecule has 1 amide bonds. The zero-order chi connectivity index (χ0) is 18.4. The number of methoxy groups -OCH3 is 1. The molecule has 2 aliphatic rings. The number of anilines is 1. The molecule has 2 heterocycles. The second-order valence-corrected chi connectivity index (χ2v) is 6.96. The van der Waals surface area contributed by atoms with Crippen molar-refractivity contribution in [2.45, 2.75) is 25.0 Å². The van der Waals surface area contributed by atoms with Crippen molar-refractivity contribution in [3.63, 3.8) is 0 Å². The number of rotatable bonds is 4. The molecule has 0 bridgehead atoms. The fourth-order valence-corrected chi connectivity index (χ4v) is 3.72. The number of para-hydroxylation sites is 1. The molecule has 2 N–H and O–H groups in total. The maximum atomic E-state index is 13.2. The summed E-state index contributed by atoms with van der Waals surface area (Å²) in [7, 11) is 1.65. The van der Waals surface area contributed by atoms with Gasteiger partial charge in [-0.3, -0.25) is 9.89 Å². The lowest BCUT2D eigenvalue weighted by atomic mass is 10.0. The first kappa shape index (κ1) is 15.9. The van der Waals surface area contributed by atoms with E-state index in [1.807, 2.05) is 59.6 Å². The van der Waals surface area contributed by atoms with Crippen LogP contribution in [-0.2, 0) is 0 Å². The minimum Gasteiger partial charge on any atom is -0.497 e. The van der Waals surface area contributed by atoms with Crippen molar-refractivity contribution in [1.29, 1.82) is 0 Å². The first-order valence-corrected chi connectivity index (χ1v) is 9.12. The van der Waals surface area contributed by atoms with Crippen molar-refractivity contribution in [1.82, 2.24) is 15.1 Å². The van der Waals surface area contributed by atoms with Gasteiger partial charge in [0, 0.05) is 22.9 Å². The van der Waals surface area contributed by atoms with Crippen molar-refractivity contribution >= 4 is 11.6 Å². The van der Waals surface area contributed by atoms with Crippen LogP contribution in [0.2, 0.25) is 0 Å². The molecule has 1 aromatic heterocycles. The zero-order valence-corrected chi connectivity index (χ0v) is 15.0. The van der Waals surface area contributed by atoms with E-state index < -0.39 is 0 Å². The van der Waals surface area contributed by atoms with Crippen LogP contribution < -0.4 is 10.1 Å². The molecule has 1 aliphatic heterocycles. The summed E-state index contributed by atoms with van der Waals surface area (Å²) < 4.78 is 5.25. The molecule has 6 nitrogen and oxygen atoms in total. The minimum absolute atomic E-state index is 0.0822. The third-order valence-electron chi connectivity index (χ3n) is 5.24. The summed E-state index contributed by atoms with van der Waals surface area (Å²) in [5.74, 6) is 0.887. The van der Waals surface area contributed by atoms with Crippen LogP contribution in [0, 0.1) is 0 Å². The number of amides is 1. The van der Waals surface area contributed by atoms with Gasteiger partial charge in [-0.2, -0.15) is 5.10 Å². The second-order valence-electron chi connectivity index (χ2n) is 6.96. The Morgan fingerprint density at radius 2 is 1.89 bits per heavy atom. The molecule has 0 radical (unpaired) electrons. The average Bonchev–Trinajstić information content (AvgIpc) is 3.43. The number of aromatic nitrogens is 2. The van der Waals surface area contributed by atoms with Crippen LogP contribution in [0.1, 0.15) is 34.9 Å². The third-order valence-corrected chi connectivity index (χ3v) is 5.24. The molecule has 0 saturated heterocycles. The Hall–Kier alpha value is -3.28. The Morgan fingerprint density at radius 3 is 2.63 bits per heavy atom. The van der Waals surface area contributed by atoms with Crippen LogP contribution in [0.15, 0.2) is 54.7 Å². The van der Waals surface area contributed by atoms with Crippen LogP contribution in [0.5, 0.6) is 5.75 Å². The standard InChI is InChI=1S/C21H20N4O2/c1-27-15-10-6-13(7-11-15)19-17(12-22-24-19)20-23-18-5-3-2-4-16(18)21(26)25(20)14-8-9-14/h2-7,10-12,14,20,23H,8-9H2,1H3,(H,22,24). The first-order valence-electron chi connectivity index (χ1n) is 9.12. The Balaban J connectivity index is 1.58. The monoisotopic (exact) mass is 360 g/mol. The lowest BCUT2D eigenvalue weighted by Crippen LogP contribution is -2.44. The van der Waals surface area contributed by atoms with Gasteiger partial charge in [0.15, 0.2) is 0 Å². The molecular formula is C21H20N4O2. The van der Waals surface area contributed by atoms with Gasteiger partial charge in [-0.15, -0.1) is 0 Å². The fraction of sp³-hybridized carbons (Fsp3) is 0.238. The average molecular weight is 360 g/mol. The zero-order valence-electron chi connectivity index (χ0n) is 15.0. The molecule has 136 valence electrons. The van der Waals surface area contributed by atoms with Crippen molar-refractivity contribution in [3.8, 4) is 17.0 Å². The minimum atomic E-state index is -0.240. The van der Waals surface area contributed by atoms with E-state index in [1.165, 1.54) is 0 Å².